The molecule has 1 rings (SSSR count). The predicted octanol–water partition coefficient (Wildman–Crippen LogP) is 4.37. The van der Waals surface area contributed by atoms with Gasteiger partial charge in [0, 0.05) is 0 Å². The summed E-state index contributed by atoms with van der Waals surface area (Å²) in [5, 5.41) is 0. The van der Waals surface area contributed by atoms with E-state index in [1.54, 1.807) is 0 Å². The molecule has 0 aliphatic carbocycles. The van der Waals surface area contributed by atoms with Crippen molar-refractivity contribution in [1.29, 1.82) is 0 Å². The third kappa shape index (κ3) is 3.53. The smallest absolute Gasteiger partial charge is 0.518 e. The van der Waals surface area contributed by atoms with Gasteiger partial charge in [-0.05, 0) is 28.9 Å². The van der Waals surface area contributed by atoms with E-state index in [0.717, 1.165) is 5.75 Å². The van der Waals surface area contributed by atoms with E-state index in [2.05, 4.69) is 66.4 Å². The molecule has 0 N–H and O–H groups in total. The lowest BCUT2D eigenvalue weighted by Crippen LogP contribution is -2.20. The molecule has 0 radical (unpaired) electrons. The Morgan fingerprint density at radius 1 is 0.889 bits per heavy atom. The maximum absolute atomic E-state index is 6.12. The highest BCUT2D eigenvalue weighted by atomic mass is 27.1. The van der Waals surface area contributed by atoms with Crippen molar-refractivity contribution in [3.63, 3.8) is 0 Å². The minimum atomic E-state index is -0.455. The molecule has 100 valence electrons. The molecule has 0 saturated carbocycles. The van der Waals surface area contributed by atoms with Crippen LogP contribution in [0.15, 0.2) is 12.1 Å². The Bertz CT molecular complexity index is 387. The van der Waals surface area contributed by atoms with E-state index in [-0.39, 0.29) is 10.8 Å². The summed E-state index contributed by atoms with van der Waals surface area (Å²) in [6.07, 6.45) is 0. The second-order valence-corrected chi connectivity index (χ2v) is 7.99. The average Bonchev–Trinajstić information content (AvgIpc) is 2.17. The number of benzene rings is 1. The van der Waals surface area contributed by atoms with Gasteiger partial charge in [0.05, 0.1) is 5.75 Å². The minimum Gasteiger partial charge on any atom is -0.645 e. The first kappa shape index (κ1) is 15.6. The van der Waals surface area contributed by atoms with Gasteiger partial charge in [-0.25, -0.2) is 0 Å². The van der Waals surface area contributed by atoms with E-state index in [9.17, 15) is 0 Å². The van der Waals surface area contributed by atoms with Gasteiger partial charge in [-0.3, -0.25) is 0 Å². The van der Waals surface area contributed by atoms with Gasteiger partial charge < -0.3 is 3.79 Å². The quantitative estimate of drug-likeness (QED) is 0.719. The first-order valence-corrected chi connectivity index (χ1v) is 8.85. The zero-order valence-corrected chi connectivity index (χ0v) is 14.7. The fourth-order valence-electron chi connectivity index (χ4n) is 2.19. The Morgan fingerprint density at radius 2 is 1.28 bits per heavy atom. The monoisotopic (exact) mass is 262 g/mol. The summed E-state index contributed by atoms with van der Waals surface area (Å²) in [5.41, 5.74) is 4.29. The van der Waals surface area contributed by atoms with E-state index >= 15 is 0 Å². The summed E-state index contributed by atoms with van der Waals surface area (Å²) in [6, 6.07) is 4.57. The zero-order valence-electron chi connectivity index (χ0n) is 13.3. The Balaban J connectivity index is 3.56. The second-order valence-electron chi connectivity index (χ2n) is 7.12. The summed E-state index contributed by atoms with van der Waals surface area (Å²) < 4.78 is 6.12. The summed E-state index contributed by atoms with van der Waals surface area (Å²) in [7, 11) is 0. The second kappa shape index (κ2) is 5.27. The van der Waals surface area contributed by atoms with E-state index in [0.29, 0.717) is 0 Å². The van der Waals surface area contributed by atoms with Crippen LogP contribution in [-0.2, 0) is 10.8 Å². The highest BCUT2D eigenvalue weighted by Crippen LogP contribution is 2.40. The molecule has 0 aromatic heterocycles. The van der Waals surface area contributed by atoms with Gasteiger partial charge in [-0.1, -0.05) is 65.0 Å². The van der Waals surface area contributed by atoms with E-state index in [1.165, 1.54) is 16.7 Å². The number of hydrogen-bond donors (Lipinski definition) is 0. The van der Waals surface area contributed by atoms with Gasteiger partial charge in [0.25, 0.3) is 0 Å². The van der Waals surface area contributed by atoms with Crippen LogP contribution in [0.1, 0.15) is 58.2 Å². The predicted molar refractivity (Wildman–Crippen MR) is 82.2 cm³/mol. The Morgan fingerprint density at radius 3 is 1.56 bits per heavy atom. The molecule has 0 atom stereocenters. The minimum absolute atomic E-state index is 0.130. The average molecular weight is 262 g/mol. The molecular weight excluding hydrogens is 235 g/mol. The fraction of sp³-hybridized carbons (Fsp3) is 0.625. The summed E-state index contributed by atoms with van der Waals surface area (Å²) in [4.78, 5) is 0. The van der Waals surface area contributed by atoms with Gasteiger partial charge >= 0.3 is 15.6 Å². The van der Waals surface area contributed by atoms with Crippen molar-refractivity contribution in [2.75, 3.05) is 0 Å². The molecule has 0 fully saturated rings. The lowest BCUT2D eigenvalue weighted by atomic mass is 9.78. The molecular formula is C16H27AlO. The Kier molecular flexibility index (Phi) is 4.57. The van der Waals surface area contributed by atoms with Gasteiger partial charge in [0.1, 0.15) is 0 Å². The summed E-state index contributed by atoms with van der Waals surface area (Å²) >= 11 is -0.455. The maximum Gasteiger partial charge on any atom is 0.518 e. The Hall–Kier alpha value is -0.448. The largest absolute Gasteiger partial charge is 0.645 e. The van der Waals surface area contributed by atoms with E-state index in [1.807, 2.05) is 0 Å². The first-order chi connectivity index (χ1) is 8.07. The molecule has 0 aliphatic rings. The van der Waals surface area contributed by atoms with E-state index in [4.69, 9.17) is 3.79 Å². The molecule has 1 aromatic rings. The molecule has 0 spiro atoms. The molecule has 0 unspecified atom stereocenters. The van der Waals surface area contributed by atoms with Crippen LogP contribution in [0.25, 0.3) is 0 Å². The van der Waals surface area contributed by atoms with Crippen molar-refractivity contribution in [3.8, 4) is 5.75 Å². The molecule has 0 bridgehead atoms. The van der Waals surface area contributed by atoms with Crippen molar-refractivity contribution in [1.82, 2.24) is 0 Å². The highest BCUT2D eigenvalue weighted by Gasteiger charge is 2.26. The van der Waals surface area contributed by atoms with Crippen LogP contribution >= 0.6 is 0 Å². The highest BCUT2D eigenvalue weighted by molar-refractivity contribution is 6.26. The molecule has 2 heteroatoms. The summed E-state index contributed by atoms with van der Waals surface area (Å²) in [6.45, 7) is 15.8. The van der Waals surface area contributed by atoms with Gasteiger partial charge in [-0.15, -0.1) is 0 Å². The first-order valence-electron chi connectivity index (χ1n) is 6.85. The van der Waals surface area contributed by atoms with Crippen LogP contribution in [0.3, 0.4) is 0 Å². The van der Waals surface area contributed by atoms with Crippen LogP contribution in [0.4, 0.5) is 0 Å². The molecule has 0 amide bonds. The SMILES string of the molecule is [CH3][AlH][O]c1c(C(C)(C)C)cc(C)cc1C(C)(C)C. The van der Waals surface area contributed by atoms with Crippen LogP contribution in [0.5, 0.6) is 5.75 Å². The van der Waals surface area contributed by atoms with Gasteiger partial charge in [0.15, 0.2) is 0 Å². The normalized spacial score (nSPS) is 12.4. The molecule has 1 nitrogen and oxygen atoms in total. The maximum atomic E-state index is 6.12. The molecule has 0 heterocycles. The lowest BCUT2D eigenvalue weighted by Gasteiger charge is -2.31. The number of hydrogen-bond acceptors (Lipinski definition) is 1. The number of aryl methyl sites for hydroxylation is 1. The van der Waals surface area contributed by atoms with Crippen LogP contribution in [-0.4, -0.2) is 15.6 Å². The fourth-order valence-corrected chi connectivity index (χ4v) is 2.79. The van der Waals surface area contributed by atoms with Crippen LogP contribution in [0.2, 0.25) is 5.79 Å². The number of rotatable bonds is 2. The zero-order chi connectivity index (χ0) is 14.1. The van der Waals surface area contributed by atoms with Crippen LogP contribution < -0.4 is 3.79 Å². The van der Waals surface area contributed by atoms with Crippen LogP contribution in [0, 0.1) is 6.92 Å². The third-order valence-electron chi connectivity index (χ3n) is 3.14. The van der Waals surface area contributed by atoms with Crippen molar-refractivity contribution < 1.29 is 3.79 Å². The van der Waals surface area contributed by atoms with Crippen molar-refractivity contribution in [2.45, 2.75) is 65.1 Å². The van der Waals surface area contributed by atoms with Crippen molar-refractivity contribution >= 4 is 15.6 Å². The standard InChI is InChI=1S/C15H24O.CH3.Al.H/c1-10-8-11(14(2,3)4)13(16)12(9-10)15(5,6)7;;;/h8-9,16H,1-7H3;1H3;;/q;;+1;/p-1. The van der Waals surface area contributed by atoms with Crippen molar-refractivity contribution in [3.05, 3.63) is 28.8 Å². The lowest BCUT2D eigenvalue weighted by molar-refractivity contribution is 0.494. The van der Waals surface area contributed by atoms with Gasteiger partial charge in [0.2, 0.25) is 0 Å². The molecule has 0 saturated heterocycles. The summed E-state index contributed by atoms with van der Waals surface area (Å²) in [5.74, 6) is 3.34. The Labute approximate surface area is 119 Å². The topological polar surface area (TPSA) is 9.23 Å². The molecule has 0 aliphatic heterocycles. The van der Waals surface area contributed by atoms with Crippen molar-refractivity contribution in [2.24, 2.45) is 0 Å². The van der Waals surface area contributed by atoms with Gasteiger partial charge in [-0.2, -0.15) is 0 Å². The van der Waals surface area contributed by atoms with E-state index < -0.39 is 15.6 Å². The third-order valence-corrected chi connectivity index (χ3v) is 3.72. The molecule has 1 aromatic carbocycles. The molecule has 18 heavy (non-hydrogen) atoms.